The Morgan fingerprint density at radius 1 is 1.24 bits per heavy atom. The standard InChI is InChI=1S/C20H24N4O5/c1-27-9-8-24-19(25)11-16(12-21-24)23-6-4-15(5-7-23)22-20(26)14-2-3-17-18(10-14)29-13-28-17/h2-3,10-12,15H,4-9,13H2,1H3,(H,22,26). The molecule has 1 N–H and O–H groups in total. The molecule has 1 aromatic carbocycles. The van der Waals surface area contributed by atoms with Crippen LogP contribution in [0.1, 0.15) is 23.2 Å². The van der Waals surface area contributed by atoms with Crippen LogP contribution in [0.3, 0.4) is 0 Å². The number of hydrogen-bond acceptors (Lipinski definition) is 7. The minimum atomic E-state index is -0.141. The van der Waals surface area contributed by atoms with Gasteiger partial charge in [-0.3, -0.25) is 9.59 Å². The van der Waals surface area contributed by atoms with Gasteiger partial charge in [-0.15, -0.1) is 0 Å². The highest BCUT2D eigenvalue weighted by molar-refractivity contribution is 5.95. The third-order valence-electron chi connectivity index (χ3n) is 5.19. The van der Waals surface area contributed by atoms with Gasteiger partial charge in [0.2, 0.25) is 6.79 Å². The van der Waals surface area contributed by atoms with E-state index in [4.69, 9.17) is 14.2 Å². The summed E-state index contributed by atoms with van der Waals surface area (Å²) in [5, 5.41) is 7.30. The SMILES string of the molecule is COCCn1ncc(N2CCC(NC(=O)c3ccc4c(c3)OCO4)CC2)cc1=O. The molecule has 2 aromatic rings. The summed E-state index contributed by atoms with van der Waals surface area (Å²) < 4.78 is 17.0. The molecule has 1 aromatic heterocycles. The molecule has 0 spiro atoms. The van der Waals surface area contributed by atoms with Crippen molar-refractivity contribution in [2.45, 2.75) is 25.4 Å². The van der Waals surface area contributed by atoms with Crippen molar-refractivity contribution in [3.05, 3.63) is 46.4 Å². The molecule has 154 valence electrons. The normalized spacial score (nSPS) is 16.1. The summed E-state index contributed by atoms with van der Waals surface area (Å²) in [7, 11) is 1.59. The largest absolute Gasteiger partial charge is 0.454 e. The molecule has 2 aliphatic rings. The fourth-order valence-corrected chi connectivity index (χ4v) is 3.53. The molecule has 2 aliphatic heterocycles. The fraction of sp³-hybridized carbons (Fsp3) is 0.450. The number of aromatic nitrogens is 2. The number of carbonyl (C=O) groups excluding carboxylic acids is 1. The number of rotatable bonds is 6. The van der Waals surface area contributed by atoms with Gasteiger partial charge in [0.05, 0.1) is 25.0 Å². The first-order chi connectivity index (χ1) is 14.1. The molecular formula is C20H24N4O5. The number of benzene rings is 1. The monoisotopic (exact) mass is 400 g/mol. The van der Waals surface area contributed by atoms with Crippen molar-refractivity contribution in [1.82, 2.24) is 15.1 Å². The van der Waals surface area contributed by atoms with Crippen LogP contribution in [0.4, 0.5) is 5.69 Å². The smallest absolute Gasteiger partial charge is 0.268 e. The van der Waals surface area contributed by atoms with Gasteiger partial charge in [-0.1, -0.05) is 0 Å². The van der Waals surface area contributed by atoms with Crippen molar-refractivity contribution >= 4 is 11.6 Å². The maximum Gasteiger partial charge on any atom is 0.268 e. The summed E-state index contributed by atoms with van der Waals surface area (Å²) >= 11 is 0. The van der Waals surface area contributed by atoms with Crippen LogP contribution in [0.25, 0.3) is 0 Å². The first-order valence-corrected chi connectivity index (χ1v) is 9.65. The van der Waals surface area contributed by atoms with E-state index in [0.717, 1.165) is 31.6 Å². The molecule has 4 rings (SSSR count). The lowest BCUT2D eigenvalue weighted by molar-refractivity contribution is 0.0930. The molecule has 0 saturated carbocycles. The molecule has 0 bridgehead atoms. The molecule has 3 heterocycles. The van der Waals surface area contributed by atoms with Crippen LogP contribution < -0.4 is 25.2 Å². The van der Waals surface area contributed by atoms with Crippen LogP contribution in [-0.2, 0) is 11.3 Å². The van der Waals surface area contributed by atoms with Crippen LogP contribution in [0.15, 0.2) is 35.3 Å². The average Bonchev–Trinajstić information content (AvgIpc) is 3.21. The molecule has 0 aliphatic carbocycles. The highest BCUT2D eigenvalue weighted by Gasteiger charge is 2.23. The molecular weight excluding hydrogens is 376 g/mol. The molecule has 0 radical (unpaired) electrons. The number of ether oxygens (including phenoxy) is 3. The zero-order valence-corrected chi connectivity index (χ0v) is 16.3. The predicted molar refractivity (Wildman–Crippen MR) is 106 cm³/mol. The van der Waals surface area contributed by atoms with Crippen LogP contribution in [0.2, 0.25) is 0 Å². The number of nitrogens with zero attached hydrogens (tertiary/aromatic N) is 3. The number of piperidine rings is 1. The molecule has 29 heavy (non-hydrogen) atoms. The highest BCUT2D eigenvalue weighted by Crippen LogP contribution is 2.32. The summed E-state index contributed by atoms with van der Waals surface area (Å²) in [6, 6.07) is 6.88. The van der Waals surface area contributed by atoms with Gasteiger partial charge >= 0.3 is 0 Å². The minimum absolute atomic E-state index is 0.0826. The van der Waals surface area contributed by atoms with Gasteiger partial charge in [-0.05, 0) is 31.0 Å². The van der Waals surface area contributed by atoms with Crippen LogP contribution in [0.5, 0.6) is 11.5 Å². The molecule has 0 unspecified atom stereocenters. The summed E-state index contributed by atoms with van der Waals surface area (Å²) in [5.74, 6) is 1.14. The van der Waals surface area contributed by atoms with Crippen molar-refractivity contribution in [3.8, 4) is 11.5 Å². The fourth-order valence-electron chi connectivity index (χ4n) is 3.53. The number of hydrogen-bond donors (Lipinski definition) is 1. The number of fused-ring (bicyclic) bond motifs is 1. The van der Waals surface area contributed by atoms with E-state index in [9.17, 15) is 9.59 Å². The highest BCUT2D eigenvalue weighted by atomic mass is 16.7. The van der Waals surface area contributed by atoms with Gasteiger partial charge in [0.1, 0.15) is 0 Å². The van der Waals surface area contributed by atoms with E-state index in [2.05, 4.69) is 15.3 Å². The van der Waals surface area contributed by atoms with E-state index >= 15 is 0 Å². The van der Waals surface area contributed by atoms with Crippen molar-refractivity contribution in [1.29, 1.82) is 0 Å². The maximum atomic E-state index is 12.5. The number of amides is 1. The van der Waals surface area contributed by atoms with Crippen molar-refractivity contribution in [2.24, 2.45) is 0 Å². The van der Waals surface area contributed by atoms with Crippen molar-refractivity contribution in [2.75, 3.05) is 38.5 Å². The predicted octanol–water partition coefficient (Wildman–Crippen LogP) is 1.02. The lowest BCUT2D eigenvalue weighted by Gasteiger charge is -2.33. The second kappa shape index (κ2) is 8.52. The lowest BCUT2D eigenvalue weighted by atomic mass is 10.0. The number of anilines is 1. The van der Waals surface area contributed by atoms with Crippen LogP contribution in [0, 0.1) is 0 Å². The van der Waals surface area contributed by atoms with Gasteiger partial charge in [0, 0.05) is 37.9 Å². The summed E-state index contributed by atoms with van der Waals surface area (Å²) in [4.78, 5) is 26.8. The molecule has 9 heteroatoms. The third-order valence-corrected chi connectivity index (χ3v) is 5.19. The van der Waals surface area contributed by atoms with E-state index in [1.54, 1.807) is 37.6 Å². The maximum absolute atomic E-state index is 12.5. The topological polar surface area (TPSA) is 94.9 Å². The van der Waals surface area contributed by atoms with Gasteiger partial charge in [0.25, 0.3) is 11.5 Å². The van der Waals surface area contributed by atoms with Crippen molar-refractivity contribution < 1.29 is 19.0 Å². The number of nitrogens with one attached hydrogen (secondary N) is 1. The Labute approximate surface area is 168 Å². The first-order valence-electron chi connectivity index (χ1n) is 9.65. The van der Waals surface area contributed by atoms with E-state index in [-0.39, 0.29) is 24.3 Å². The Kier molecular flexibility index (Phi) is 5.66. The van der Waals surface area contributed by atoms with E-state index in [0.29, 0.717) is 30.2 Å². The Balaban J connectivity index is 1.32. The number of carbonyl (C=O) groups is 1. The lowest BCUT2D eigenvalue weighted by Crippen LogP contribution is -2.45. The molecule has 9 nitrogen and oxygen atoms in total. The molecule has 1 saturated heterocycles. The summed E-state index contributed by atoms with van der Waals surface area (Å²) in [6.45, 7) is 2.56. The summed E-state index contributed by atoms with van der Waals surface area (Å²) in [5.41, 5.74) is 1.22. The molecule has 1 fully saturated rings. The zero-order valence-electron chi connectivity index (χ0n) is 16.3. The average molecular weight is 400 g/mol. The second-order valence-electron chi connectivity index (χ2n) is 7.07. The van der Waals surface area contributed by atoms with Crippen molar-refractivity contribution in [3.63, 3.8) is 0 Å². The first kappa shape index (κ1) is 19.3. The van der Waals surface area contributed by atoms with Gasteiger partial charge < -0.3 is 24.4 Å². The number of methoxy groups -OCH3 is 1. The van der Waals surface area contributed by atoms with E-state index in [1.807, 2.05) is 0 Å². The van der Waals surface area contributed by atoms with E-state index < -0.39 is 0 Å². The molecule has 0 atom stereocenters. The third kappa shape index (κ3) is 4.34. The quantitative estimate of drug-likeness (QED) is 0.773. The van der Waals surface area contributed by atoms with E-state index in [1.165, 1.54) is 4.68 Å². The Morgan fingerprint density at radius 2 is 2.03 bits per heavy atom. The van der Waals surface area contributed by atoms with Gasteiger partial charge in [0.15, 0.2) is 11.5 Å². The van der Waals surface area contributed by atoms with Crippen LogP contribution in [-0.4, -0.2) is 55.3 Å². The minimum Gasteiger partial charge on any atom is -0.454 e. The zero-order chi connectivity index (χ0) is 20.2. The Morgan fingerprint density at radius 3 is 2.79 bits per heavy atom. The Hall–Kier alpha value is -3.07. The van der Waals surface area contributed by atoms with Gasteiger partial charge in [-0.2, -0.15) is 5.10 Å². The van der Waals surface area contributed by atoms with Crippen LogP contribution >= 0.6 is 0 Å². The summed E-state index contributed by atoms with van der Waals surface area (Å²) in [6.07, 6.45) is 3.30. The van der Waals surface area contributed by atoms with Gasteiger partial charge in [-0.25, -0.2) is 4.68 Å². The molecule has 1 amide bonds. The second-order valence-corrected chi connectivity index (χ2v) is 7.07. The Bertz CT molecular complexity index is 937.